The molecule has 7 heteroatoms. The molecule has 0 amide bonds. The van der Waals surface area contributed by atoms with Gasteiger partial charge in [0, 0.05) is 22.9 Å². The average Bonchev–Trinajstić information content (AvgIpc) is 3.17. The lowest BCUT2D eigenvalue weighted by atomic mass is 9.97. The van der Waals surface area contributed by atoms with Crippen LogP contribution in [0.2, 0.25) is 0 Å². The number of alkyl halides is 3. The van der Waals surface area contributed by atoms with Crippen LogP contribution in [0.15, 0.2) is 24.3 Å². The number of nitrogens with one attached hydrogen (secondary N) is 1. The molecule has 1 aliphatic heterocycles. The zero-order valence-electron chi connectivity index (χ0n) is 12.6. The number of carbonyl (C=O) groups is 1. The number of fused-ring (bicyclic) bond motifs is 3. The van der Waals surface area contributed by atoms with Crippen molar-refractivity contribution in [3.05, 3.63) is 51.4 Å². The molecule has 0 saturated carbocycles. The number of halogens is 3. The number of nitrogen functional groups attached to an aromatic ring is 1. The van der Waals surface area contributed by atoms with Gasteiger partial charge >= 0.3 is 6.18 Å². The van der Waals surface area contributed by atoms with Crippen LogP contribution in [0.3, 0.4) is 0 Å². The van der Waals surface area contributed by atoms with Gasteiger partial charge in [0.1, 0.15) is 0 Å². The quantitative estimate of drug-likeness (QED) is 0.814. The molecule has 1 aliphatic carbocycles. The highest BCUT2D eigenvalue weighted by atomic mass is 32.1. The largest absolute Gasteiger partial charge is 0.416 e. The Balaban J connectivity index is 1.74. The van der Waals surface area contributed by atoms with Gasteiger partial charge in [0.25, 0.3) is 0 Å². The fraction of sp³-hybridized carbons (Fsp3) is 0.353. The molecule has 2 aromatic rings. The Kier molecular flexibility index (Phi) is 3.47. The van der Waals surface area contributed by atoms with Gasteiger partial charge in [0.05, 0.1) is 16.1 Å². The van der Waals surface area contributed by atoms with Gasteiger partial charge in [-0.15, -0.1) is 11.3 Å². The SMILES string of the molecule is Nc1sc2c(c1C(=O)c1cccc(C(F)(F)F)c1)CC1CNCC21. The van der Waals surface area contributed by atoms with E-state index < -0.39 is 17.5 Å². The molecule has 1 fully saturated rings. The third-order valence-electron chi connectivity index (χ3n) is 4.89. The van der Waals surface area contributed by atoms with Crippen LogP contribution in [0, 0.1) is 5.92 Å². The molecule has 1 saturated heterocycles. The first-order valence-corrected chi connectivity index (χ1v) is 8.51. The monoisotopic (exact) mass is 352 g/mol. The maximum absolute atomic E-state index is 12.9. The molecule has 2 heterocycles. The van der Waals surface area contributed by atoms with Crippen molar-refractivity contribution < 1.29 is 18.0 Å². The number of rotatable bonds is 2. The highest BCUT2D eigenvalue weighted by Crippen LogP contribution is 2.48. The molecule has 4 rings (SSSR count). The summed E-state index contributed by atoms with van der Waals surface area (Å²) in [6.07, 6.45) is -3.71. The van der Waals surface area contributed by atoms with Crippen molar-refractivity contribution in [2.24, 2.45) is 5.92 Å². The Morgan fingerprint density at radius 2 is 2.08 bits per heavy atom. The van der Waals surface area contributed by atoms with Gasteiger partial charge in [-0.2, -0.15) is 13.2 Å². The van der Waals surface area contributed by atoms with E-state index in [0.717, 1.165) is 42.1 Å². The van der Waals surface area contributed by atoms with Crippen LogP contribution in [0.25, 0.3) is 0 Å². The number of benzene rings is 1. The van der Waals surface area contributed by atoms with Gasteiger partial charge in [-0.3, -0.25) is 4.79 Å². The van der Waals surface area contributed by atoms with Gasteiger partial charge < -0.3 is 11.1 Å². The van der Waals surface area contributed by atoms with Crippen molar-refractivity contribution in [1.29, 1.82) is 0 Å². The molecule has 0 radical (unpaired) electrons. The molecule has 0 bridgehead atoms. The maximum Gasteiger partial charge on any atom is 0.416 e. The molecule has 2 aliphatic rings. The minimum absolute atomic E-state index is 0.0345. The zero-order valence-corrected chi connectivity index (χ0v) is 13.4. The molecule has 2 unspecified atom stereocenters. The van der Waals surface area contributed by atoms with Gasteiger partial charge in [0.2, 0.25) is 0 Å². The number of nitrogens with two attached hydrogens (primary N) is 1. The van der Waals surface area contributed by atoms with Gasteiger partial charge in [-0.1, -0.05) is 12.1 Å². The summed E-state index contributed by atoms with van der Waals surface area (Å²) in [6.45, 7) is 1.78. The summed E-state index contributed by atoms with van der Waals surface area (Å²) in [7, 11) is 0. The fourth-order valence-corrected chi connectivity index (χ4v) is 5.04. The van der Waals surface area contributed by atoms with E-state index in [1.807, 2.05) is 0 Å². The van der Waals surface area contributed by atoms with Crippen molar-refractivity contribution in [3.63, 3.8) is 0 Å². The van der Waals surface area contributed by atoms with Crippen LogP contribution in [0.5, 0.6) is 0 Å². The van der Waals surface area contributed by atoms with Crippen LogP contribution >= 0.6 is 11.3 Å². The second-order valence-electron chi connectivity index (χ2n) is 6.32. The highest BCUT2D eigenvalue weighted by Gasteiger charge is 2.41. The van der Waals surface area contributed by atoms with Crippen LogP contribution < -0.4 is 11.1 Å². The first-order chi connectivity index (χ1) is 11.4. The molecule has 1 aromatic carbocycles. The molecule has 3 nitrogen and oxygen atoms in total. The standard InChI is InChI=1S/C17H15F3N2OS/c18-17(19,20)10-3-1-2-8(4-10)14(23)13-11-5-9-6-22-7-12(9)15(11)24-16(13)21/h1-4,9,12,22H,5-7,21H2. The summed E-state index contributed by atoms with van der Waals surface area (Å²) >= 11 is 1.41. The van der Waals surface area contributed by atoms with Crippen LogP contribution in [0.1, 0.15) is 37.8 Å². The number of hydrogen-bond donors (Lipinski definition) is 2. The van der Waals surface area contributed by atoms with Gasteiger partial charge in [0.15, 0.2) is 5.78 Å². The zero-order chi connectivity index (χ0) is 17.1. The summed E-state index contributed by atoms with van der Waals surface area (Å²) in [5.41, 5.74) is 6.61. The lowest BCUT2D eigenvalue weighted by Gasteiger charge is -2.09. The Morgan fingerprint density at radius 1 is 1.29 bits per heavy atom. The Bertz CT molecular complexity index is 828. The summed E-state index contributed by atoms with van der Waals surface area (Å²) in [5, 5.41) is 3.74. The summed E-state index contributed by atoms with van der Waals surface area (Å²) in [4.78, 5) is 14.0. The Morgan fingerprint density at radius 3 is 2.83 bits per heavy atom. The van der Waals surface area contributed by atoms with Crippen molar-refractivity contribution in [1.82, 2.24) is 5.32 Å². The minimum Gasteiger partial charge on any atom is -0.390 e. The van der Waals surface area contributed by atoms with E-state index in [9.17, 15) is 18.0 Å². The molecular weight excluding hydrogens is 337 g/mol. The minimum atomic E-state index is -4.47. The Labute approximate surface area is 140 Å². The van der Waals surface area contributed by atoms with E-state index in [1.54, 1.807) is 0 Å². The third kappa shape index (κ3) is 2.34. The molecule has 1 aromatic heterocycles. The van der Waals surface area contributed by atoms with E-state index in [0.29, 0.717) is 22.4 Å². The average molecular weight is 352 g/mol. The van der Waals surface area contributed by atoms with Gasteiger partial charge in [-0.05, 0) is 36.6 Å². The van der Waals surface area contributed by atoms with Crippen molar-refractivity contribution in [2.45, 2.75) is 18.5 Å². The predicted octanol–water partition coefficient (Wildman–Crippen LogP) is 3.44. The first kappa shape index (κ1) is 15.7. The molecule has 3 N–H and O–H groups in total. The fourth-order valence-electron chi connectivity index (χ4n) is 3.75. The van der Waals surface area contributed by atoms with Crippen LogP contribution in [0.4, 0.5) is 18.2 Å². The van der Waals surface area contributed by atoms with Crippen LogP contribution in [-0.4, -0.2) is 18.9 Å². The van der Waals surface area contributed by atoms with E-state index in [4.69, 9.17) is 5.73 Å². The molecular formula is C17H15F3N2OS. The summed E-state index contributed by atoms with van der Waals surface area (Å²) in [5.74, 6) is 0.416. The smallest absolute Gasteiger partial charge is 0.390 e. The molecule has 126 valence electrons. The summed E-state index contributed by atoms with van der Waals surface area (Å²) < 4.78 is 38.7. The van der Waals surface area contributed by atoms with E-state index in [1.165, 1.54) is 23.5 Å². The highest BCUT2D eigenvalue weighted by molar-refractivity contribution is 7.16. The number of ketones is 1. The second-order valence-corrected chi connectivity index (χ2v) is 7.40. The summed E-state index contributed by atoms with van der Waals surface area (Å²) in [6, 6.07) is 4.55. The normalized spacial score (nSPS) is 22.5. The first-order valence-electron chi connectivity index (χ1n) is 7.70. The lowest BCUT2D eigenvalue weighted by Crippen LogP contribution is -2.12. The number of hydrogen-bond acceptors (Lipinski definition) is 4. The molecule has 0 spiro atoms. The maximum atomic E-state index is 12.9. The lowest BCUT2D eigenvalue weighted by molar-refractivity contribution is -0.137. The van der Waals surface area contributed by atoms with Crippen molar-refractivity contribution >= 4 is 22.1 Å². The predicted molar refractivity (Wildman–Crippen MR) is 86.4 cm³/mol. The van der Waals surface area contributed by atoms with Crippen LogP contribution in [-0.2, 0) is 12.6 Å². The Hall–Kier alpha value is -1.86. The van der Waals surface area contributed by atoms with Crippen molar-refractivity contribution in [3.8, 4) is 0 Å². The molecule has 2 atom stereocenters. The van der Waals surface area contributed by atoms with E-state index in [-0.39, 0.29) is 5.56 Å². The number of anilines is 1. The van der Waals surface area contributed by atoms with Gasteiger partial charge in [-0.25, -0.2) is 0 Å². The van der Waals surface area contributed by atoms with E-state index >= 15 is 0 Å². The van der Waals surface area contributed by atoms with Crippen molar-refractivity contribution in [2.75, 3.05) is 18.8 Å². The third-order valence-corrected chi connectivity index (χ3v) is 6.08. The molecule has 24 heavy (non-hydrogen) atoms. The number of thiophene rings is 1. The number of carbonyl (C=O) groups excluding carboxylic acids is 1. The second kappa shape index (κ2) is 5.32. The topological polar surface area (TPSA) is 55.1 Å². The van der Waals surface area contributed by atoms with E-state index in [2.05, 4.69) is 5.32 Å².